The van der Waals surface area contributed by atoms with Gasteiger partial charge in [0.05, 0.1) is 6.04 Å². The van der Waals surface area contributed by atoms with Gasteiger partial charge in [-0.25, -0.2) is 0 Å². The van der Waals surface area contributed by atoms with Crippen molar-refractivity contribution in [3.63, 3.8) is 0 Å². The second-order valence-electron chi connectivity index (χ2n) is 3.37. The molecule has 0 aromatic rings. The lowest BCUT2D eigenvalue weighted by Gasteiger charge is -2.24. The van der Waals surface area contributed by atoms with Gasteiger partial charge in [-0.15, -0.1) is 0 Å². The van der Waals surface area contributed by atoms with Crippen molar-refractivity contribution in [3.05, 3.63) is 0 Å². The Morgan fingerprint density at radius 1 is 1.75 bits per heavy atom. The quantitative estimate of drug-likeness (QED) is 0.576. The molecule has 4 heteroatoms. The molecule has 0 aromatic heterocycles. The second-order valence-corrected chi connectivity index (χ2v) is 3.37. The predicted molar refractivity (Wildman–Crippen MR) is 47.4 cm³/mol. The summed E-state index contributed by atoms with van der Waals surface area (Å²) in [5.74, 6) is 0.00231. The highest BCUT2D eigenvalue weighted by Gasteiger charge is 2.27. The van der Waals surface area contributed by atoms with Gasteiger partial charge in [0.2, 0.25) is 5.91 Å². The molecular formula is C8H17N3O. The summed E-state index contributed by atoms with van der Waals surface area (Å²) in [6.45, 7) is 3.13. The van der Waals surface area contributed by atoms with Gasteiger partial charge < -0.3 is 16.4 Å². The molecule has 1 aliphatic rings. The Balaban J connectivity index is 2.51. The summed E-state index contributed by atoms with van der Waals surface area (Å²) in [7, 11) is 0. The third-order valence-corrected chi connectivity index (χ3v) is 2.41. The molecule has 0 unspecified atom stereocenters. The number of hydrogen-bond acceptors (Lipinski definition) is 3. The van der Waals surface area contributed by atoms with Crippen molar-refractivity contribution < 1.29 is 4.79 Å². The molecule has 0 radical (unpaired) electrons. The number of carbonyl (C=O) groups excluding carboxylic acids is 1. The number of carbonyl (C=O) groups is 1. The first-order valence-electron chi connectivity index (χ1n) is 4.43. The number of nitrogens with two attached hydrogens (primary N) is 2. The Hall–Kier alpha value is -0.610. The summed E-state index contributed by atoms with van der Waals surface area (Å²) in [5.41, 5.74) is 10.9. The summed E-state index contributed by atoms with van der Waals surface area (Å²) in [4.78, 5) is 13.3. The maximum atomic E-state index is 11.5. The van der Waals surface area contributed by atoms with E-state index in [4.69, 9.17) is 11.5 Å². The van der Waals surface area contributed by atoms with Crippen LogP contribution < -0.4 is 11.5 Å². The van der Waals surface area contributed by atoms with E-state index in [9.17, 15) is 4.79 Å². The molecule has 12 heavy (non-hydrogen) atoms. The minimum absolute atomic E-state index is 0.00231. The van der Waals surface area contributed by atoms with Crippen molar-refractivity contribution >= 4 is 5.91 Å². The first kappa shape index (κ1) is 9.48. The molecule has 1 saturated heterocycles. The fraction of sp³-hybridized carbons (Fsp3) is 0.875. The van der Waals surface area contributed by atoms with Crippen molar-refractivity contribution in [2.75, 3.05) is 13.1 Å². The van der Waals surface area contributed by atoms with Gasteiger partial charge in [0.1, 0.15) is 0 Å². The maximum absolute atomic E-state index is 11.5. The standard InChI is InChI=1S/C8H17N3O/c1-6-3-2-4-11(6)8(12)7(10)5-9/h6-7H,2-5,9-10H2,1H3/t6-,7+/m1/s1. The molecule has 0 aromatic carbocycles. The number of rotatable bonds is 2. The number of likely N-dealkylation sites (tertiary alicyclic amines) is 1. The van der Waals surface area contributed by atoms with Gasteiger partial charge in [-0.2, -0.15) is 0 Å². The van der Waals surface area contributed by atoms with Crippen LogP contribution in [0.15, 0.2) is 0 Å². The molecule has 4 nitrogen and oxygen atoms in total. The first-order chi connectivity index (χ1) is 5.66. The Morgan fingerprint density at radius 2 is 2.42 bits per heavy atom. The molecule has 4 N–H and O–H groups in total. The Bertz CT molecular complexity index is 172. The van der Waals surface area contributed by atoms with Gasteiger partial charge in [0.25, 0.3) is 0 Å². The van der Waals surface area contributed by atoms with Gasteiger partial charge >= 0.3 is 0 Å². The third-order valence-electron chi connectivity index (χ3n) is 2.41. The van der Waals surface area contributed by atoms with Crippen molar-refractivity contribution in [3.8, 4) is 0 Å². The van der Waals surface area contributed by atoms with E-state index < -0.39 is 6.04 Å². The number of hydrogen-bond donors (Lipinski definition) is 2. The van der Waals surface area contributed by atoms with Crippen molar-refractivity contribution in [2.45, 2.75) is 31.8 Å². The highest BCUT2D eigenvalue weighted by Crippen LogP contribution is 2.16. The van der Waals surface area contributed by atoms with Crippen LogP contribution in [0.4, 0.5) is 0 Å². The largest absolute Gasteiger partial charge is 0.339 e. The zero-order chi connectivity index (χ0) is 9.14. The normalized spacial score (nSPS) is 25.9. The molecule has 1 fully saturated rings. The van der Waals surface area contributed by atoms with Gasteiger partial charge in [-0.3, -0.25) is 4.79 Å². The summed E-state index contributed by atoms with van der Waals surface area (Å²) in [6, 6.07) is -0.166. The number of amides is 1. The average Bonchev–Trinajstić information content (AvgIpc) is 2.48. The van der Waals surface area contributed by atoms with Crippen molar-refractivity contribution in [1.82, 2.24) is 4.90 Å². The molecule has 1 heterocycles. The minimum atomic E-state index is -0.509. The summed E-state index contributed by atoms with van der Waals surface area (Å²) in [6.07, 6.45) is 2.17. The van der Waals surface area contributed by atoms with Crippen LogP contribution in [-0.2, 0) is 4.79 Å². The van der Waals surface area contributed by atoms with E-state index >= 15 is 0 Å². The van der Waals surface area contributed by atoms with Gasteiger partial charge in [-0.1, -0.05) is 0 Å². The van der Waals surface area contributed by atoms with Crippen LogP contribution in [0, 0.1) is 0 Å². The van der Waals surface area contributed by atoms with Crippen LogP contribution >= 0.6 is 0 Å². The molecule has 0 spiro atoms. The highest BCUT2D eigenvalue weighted by atomic mass is 16.2. The fourth-order valence-electron chi connectivity index (χ4n) is 1.57. The molecule has 1 amide bonds. The van der Waals surface area contributed by atoms with Crippen LogP contribution in [0.5, 0.6) is 0 Å². The van der Waals surface area contributed by atoms with Crippen molar-refractivity contribution in [2.24, 2.45) is 11.5 Å². The molecule has 2 atom stereocenters. The topological polar surface area (TPSA) is 72.3 Å². The lowest BCUT2D eigenvalue weighted by molar-refractivity contribution is -0.132. The van der Waals surface area contributed by atoms with Gasteiger partial charge in [0, 0.05) is 19.1 Å². The van der Waals surface area contributed by atoms with E-state index in [1.165, 1.54) is 0 Å². The smallest absolute Gasteiger partial charge is 0.241 e. The molecule has 0 aliphatic carbocycles. The van der Waals surface area contributed by atoms with E-state index in [1.807, 2.05) is 11.8 Å². The van der Waals surface area contributed by atoms with E-state index in [2.05, 4.69) is 0 Å². The monoisotopic (exact) mass is 171 g/mol. The zero-order valence-electron chi connectivity index (χ0n) is 7.49. The number of nitrogens with zero attached hydrogens (tertiary/aromatic N) is 1. The summed E-state index contributed by atoms with van der Waals surface area (Å²) < 4.78 is 0. The minimum Gasteiger partial charge on any atom is -0.339 e. The van der Waals surface area contributed by atoms with E-state index in [1.54, 1.807) is 0 Å². The first-order valence-corrected chi connectivity index (χ1v) is 4.43. The second kappa shape index (κ2) is 3.87. The summed E-state index contributed by atoms with van der Waals surface area (Å²) >= 11 is 0. The highest BCUT2D eigenvalue weighted by molar-refractivity contribution is 5.82. The van der Waals surface area contributed by atoms with Crippen LogP contribution in [0.2, 0.25) is 0 Å². The van der Waals surface area contributed by atoms with E-state index in [0.29, 0.717) is 6.04 Å². The summed E-state index contributed by atoms with van der Waals surface area (Å²) in [5, 5.41) is 0. The van der Waals surface area contributed by atoms with Gasteiger partial charge in [-0.05, 0) is 19.8 Å². The van der Waals surface area contributed by atoms with Crippen LogP contribution in [-0.4, -0.2) is 36.0 Å². The predicted octanol–water partition coefficient (Wildman–Crippen LogP) is -0.717. The third kappa shape index (κ3) is 1.76. The molecule has 1 aliphatic heterocycles. The van der Waals surface area contributed by atoms with E-state index in [0.717, 1.165) is 19.4 Å². The SMILES string of the molecule is C[C@@H]1CCCN1C(=O)[C@@H](N)CN. The maximum Gasteiger partial charge on any atom is 0.241 e. The van der Waals surface area contributed by atoms with Crippen LogP contribution in [0.3, 0.4) is 0 Å². The van der Waals surface area contributed by atoms with E-state index in [-0.39, 0.29) is 12.5 Å². The van der Waals surface area contributed by atoms with Crippen LogP contribution in [0.25, 0.3) is 0 Å². The van der Waals surface area contributed by atoms with Crippen molar-refractivity contribution in [1.29, 1.82) is 0 Å². The van der Waals surface area contributed by atoms with Crippen LogP contribution in [0.1, 0.15) is 19.8 Å². The fourth-order valence-corrected chi connectivity index (χ4v) is 1.57. The lowest BCUT2D eigenvalue weighted by atomic mass is 10.2. The molecular weight excluding hydrogens is 154 g/mol. The van der Waals surface area contributed by atoms with Gasteiger partial charge in [0.15, 0.2) is 0 Å². The Kier molecular flexibility index (Phi) is 3.05. The molecule has 1 rings (SSSR count). The lowest BCUT2D eigenvalue weighted by Crippen LogP contribution is -2.48. The Morgan fingerprint density at radius 3 is 2.83 bits per heavy atom. The zero-order valence-corrected chi connectivity index (χ0v) is 7.49. The molecule has 0 saturated carbocycles. The Labute approximate surface area is 72.9 Å². The molecule has 0 bridgehead atoms. The average molecular weight is 171 g/mol. The molecule has 70 valence electrons.